The summed E-state index contributed by atoms with van der Waals surface area (Å²) in [4.78, 5) is 16.4. The van der Waals surface area contributed by atoms with Gasteiger partial charge in [0.2, 0.25) is 16.0 Å². The number of nitrogens with zero attached hydrogens (tertiary/aromatic N) is 4. The molecule has 0 bridgehead atoms. The van der Waals surface area contributed by atoms with Gasteiger partial charge in [0.15, 0.2) is 0 Å². The minimum absolute atomic E-state index is 0. The first-order valence-electron chi connectivity index (χ1n) is 13.8. The quantitative estimate of drug-likeness (QED) is 0.187. The molecule has 2 aromatic carbocycles. The van der Waals surface area contributed by atoms with Crippen molar-refractivity contribution in [2.75, 3.05) is 36.9 Å². The minimum Gasteiger partial charge on any atom is -0.359 e. The molecule has 0 radical (unpaired) electrons. The van der Waals surface area contributed by atoms with E-state index in [-0.39, 0.29) is 18.2 Å². The number of likely N-dealkylation sites (N-methyl/N-ethyl adjacent to an activating group) is 1. The minimum atomic E-state index is -3.67. The Morgan fingerprint density at radius 3 is 2.26 bits per heavy atom. The van der Waals surface area contributed by atoms with Crippen molar-refractivity contribution in [2.24, 2.45) is 11.8 Å². The fourth-order valence-corrected chi connectivity index (χ4v) is 7.08. The van der Waals surface area contributed by atoms with Gasteiger partial charge < -0.3 is 10.2 Å². The zero-order chi connectivity index (χ0) is 28.8. The van der Waals surface area contributed by atoms with Crippen molar-refractivity contribution in [2.45, 2.75) is 44.4 Å². The number of hydrogen-bond donors (Lipinski definition) is 2. The molecule has 8 nitrogen and oxygen atoms in total. The van der Waals surface area contributed by atoms with Crippen LogP contribution in [0.25, 0.3) is 10.9 Å². The molecule has 5 rings (SSSR count). The lowest BCUT2D eigenvalue weighted by molar-refractivity contribution is 0.284. The fourth-order valence-electron chi connectivity index (χ4n) is 5.23. The molecule has 42 heavy (non-hydrogen) atoms. The molecule has 2 aromatic heterocycles. The van der Waals surface area contributed by atoms with Crippen molar-refractivity contribution in [3.05, 3.63) is 82.6 Å². The van der Waals surface area contributed by atoms with Crippen LogP contribution < -0.4 is 14.9 Å². The van der Waals surface area contributed by atoms with E-state index in [0.717, 1.165) is 67.6 Å². The second-order valence-corrected chi connectivity index (χ2v) is 13.2. The number of halogens is 2. The highest BCUT2D eigenvalue weighted by molar-refractivity contribution is 7.89. The lowest BCUT2D eigenvalue weighted by atomic mass is 9.82. The van der Waals surface area contributed by atoms with E-state index in [2.05, 4.69) is 33.0 Å². The van der Waals surface area contributed by atoms with Crippen LogP contribution in [0.3, 0.4) is 0 Å². The Balaban J connectivity index is 0.00000405. The summed E-state index contributed by atoms with van der Waals surface area (Å²) in [5, 5.41) is 5.09. The lowest BCUT2D eigenvalue weighted by Gasteiger charge is -2.29. The number of fused-ring (bicyclic) bond motifs is 1. The van der Waals surface area contributed by atoms with Gasteiger partial charge in [-0.1, -0.05) is 48.8 Å². The molecule has 1 saturated carbocycles. The number of nitrogens with one attached hydrogen (secondary N) is 2. The van der Waals surface area contributed by atoms with Crippen molar-refractivity contribution in [1.82, 2.24) is 19.7 Å². The zero-order valence-corrected chi connectivity index (χ0v) is 25.3. The second kappa shape index (κ2) is 14.5. The van der Waals surface area contributed by atoms with Gasteiger partial charge in [0.05, 0.1) is 10.4 Å². The zero-order valence-electron chi connectivity index (χ0n) is 22.9. The molecule has 2 heterocycles. The molecule has 1 aliphatic rings. The maximum absolute atomic E-state index is 12.7. The molecule has 1 fully saturated rings. The van der Waals surface area contributed by atoms with Crippen LogP contribution in [0.1, 0.15) is 38.8 Å². The summed E-state index contributed by atoms with van der Waals surface area (Å²) in [6.45, 7) is 1.96. The van der Waals surface area contributed by atoms with E-state index in [1.807, 2.05) is 42.6 Å². The number of benzene rings is 2. The largest absolute Gasteiger partial charge is 0.359 e. The van der Waals surface area contributed by atoms with Gasteiger partial charge in [-0.15, -0.1) is 0 Å². The Bertz CT molecular complexity index is 1560. The van der Waals surface area contributed by atoms with Crippen molar-refractivity contribution in [1.29, 1.82) is 0 Å². The average Bonchev–Trinajstić information content (AvgIpc) is 2.98. The summed E-state index contributed by atoms with van der Waals surface area (Å²) in [7, 11) is -1.62. The van der Waals surface area contributed by atoms with Crippen molar-refractivity contribution in [3.63, 3.8) is 0 Å². The third-order valence-electron chi connectivity index (χ3n) is 7.60. The first-order valence-corrected chi connectivity index (χ1v) is 16.1. The van der Waals surface area contributed by atoms with Crippen LogP contribution in [0.15, 0.2) is 71.8 Å². The lowest BCUT2D eigenvalue weighted by Crippen LogP contribution is -2.32. The number of rotatable bonds is 11. The van der Waals surface area contributed by atoms with Gasteiger partial charge in [0.1, 0.15) is 5.82 Å². The van der Waals surface area contributed by atoms with Gasteiger partial charge in [0.25, 0.3) is 0 Å². The Morgan fingerprint density at radius 1 is 0.905 bits per heavy atom. The van der Waals surface area contributed by atoms with Gasteiger partial charge in [-0.05, 0) is 80.0 Å². The number of para-hydroxylation sites is 1. The van der Waals surface area contributed by atoms with Crippen LogP contribution >= 0.6 is 23.2 Å². The Kier molecular flexibility index (Phi) is 11.0. The molecule has 0 atom stereocenters. The van der Waals surface area contributed by atoms with Gasteiger partial charge in [-0.3, -0.25) is 4.98 Å². The molecule has 11 heteroatoms. The van der Waals surface area contributed by atoms with Crippen molar-refractivity contribution in [3.8, 4) is 0 Å². The SMILES string of the molecule is C.CN(CCc1ccccn1)c1nc(NCC2CCC(CNS(=O)(=O)c3cc(Cl)cc(Cl)c3)CC2)nc2ccccc12. The van der Waals surface area contributed by atoms with Crippen molar-refractivity contribution >= 4 is 55.9 Å². The predicted octanol–water partition coefficient (Wildman–Crippen LogP) is 6.84. The van der Waals surface area contributed by atoms with Gasteiger partial charge in [-0.2, -0.15) is 4.98 Å². The Morgan fingerprint density at radius 2 is 1.57 bits per heavy atom. The maximum Gasteiger partial charge on any atom is 0.240 e. The number of pyridine rings is 1. The summed E-state index contributed by atoms with van der Waals surface area (Å²) in [6.07, 6.45) is 6.56. The fraction of sp³-hybridized carbons (Fsp3) is 0.387. The molecule has 4 aromatic rings. The van der Waals surface area contributed by atoms with E-state index >= 15 is 0 Å². The standard InChI is InChI=1S/C30H34Cl2N6O2S.CH4/c1-38(15-13-25-6-4-5-14-33-25)29-27-7-2-3-8-28(27)36-30(37-29)34-19-21-9-11-22(12-10-21)20-35-41(39,40)26-17-23(31)16-24(32)18-26;/h2-8,14,16-18,21-22,35H,9-13,15,19-20H2,1H3,(H,34,36,37);1H4. The maximum atomic E-state index is 12.7. The van der Waals surface area contributed by atoms with Gasteiger partial charge >= 0.3 is 0 Å². The third kappa shape index (κ3) is 8.31. The molecule has 0 saturated heterocycles. The summed E-state index contributed by atoms with van der Waals surface area (Å²) >= 11 is 12.0. The van der Waals surface area contributed by atoms with Crippen LogP contribution in [-0.4, -0.2) is 50.1 Å². The van der Waals surface area contributed by atoms with Crippen LogP contribution in [0.4, 0.5) is 11.8 Å². The number of hydrogen-bond acceptors (Lipinski definition) is 7. The first-order chi connectivity index (χ1) is 19.8. The predicted molar refractivity (Wildman–Crippen MR) is 173 cm³/mol. The molecule has 2 N–H and O–H groups in total. The molecular formula is C31H38Cl2N6O2S. The number of anilines is 2. The topological polar surface area (TPSA) is 100 Å². The van der Waals surface area contributed by atoms with E-state index in [4.69, 9.17) is 33.2 Å². The smallest absolute Gasteiger partial charge is 0.240 e. The molecule has 0 unspecified atom stereocenters. The monoisotopic (exact) mass is 628 g/mol. The highest BCUT2D eigenvalue weighted by Gasteiger charge is 2.24. The highest BCUT2D eigenvalue weighted by atomic mass is 35.5. The Labute approximate surface area is 258 Å². The van der Waals surface area contributed by atoms with E-state index in [9.17, 15) is 8.42 Å². The molecule has 224 valence electrons. The van der Waals surface area contributed by atoms with Gasteiger partial charge in [0, 0.05) is 60.4 Å². The van der Waals surface area contributed by atoms with E-state index in [0.29, 0.717) is 28.5 Å². The highest BCUT2D eigenvalue weighted by Crippen LogP contribution is 2.30. The van der Waals surface area contributed by atoms with E-state index < -0.39 is 10.0 Å². The number of aromatic nitrogens is 3. The Hall–Kier alpha value is -2.98. The second-order valence-electron chi connectivity index (χ2n) is 10.6. The molecule has 1 aliphatic carbocycles. The van der Waals surface area contributed by atoms with Gasteiger partial charge in [-0.25, -0.2) is 18.1 Å². The first kappa shape index (κ1) is 31.9. The van der Waals surface area contributed by atoms with E-state index in [1.165, 1.54) is 18.2 Å². The van der Waals surface area contributed by atoms with Crippen LogP contribution in [-0.2, 0) is 16.4 Å². The molecular weight excluding hydrogens is 591 g/mol. The summed E-state index contributed by atoms with van der Waals surface area (Å²) in [5.74, 6) is 2.27. The number of sulfonamides is 1. The molecule has 0 spiro atoms. The molecule has 0 aliphatic heterocycles. The summed E-state index contributed by atoms with van der Waals surface area (Å²) in [5.41, 5.74) is 1.95. The van der Waals surface area contributed by atoms with E-state index in [1.54, 1.807) is 0 Å². The van der Waals surface area contributed by atoms with Crippen molar-refractivity contribution < 1.29 is 8.42 Å². The van der Waals surface area contributed by atoms with Crippen LogP contribution in [0, 0.1) is 11.8 Å². The van der Waals surface area contributed by atoms with Crippen LogP contribution in [0.5, 0.6) is 0 Å². The average molecular weight is 630 g/mol. The third-order valence-corrected chi connectivity index (χ3v) is 9.44. The summed E-state index contributed by atoms with van der Waals surface area (Å²) < 4.78 is 28.2. The molecule has 0 amide bonds. The normalized spacial score (nSPS) is 17.0. The summed E-state index contributed by atoms with van der Waals surface area (Å²) in [6, 6.07) is 18.4. The van der Waals surface area contributed by atoms with Crippen LogP contribution in [0.2, 0.25) is 10.0 Å².